The Morgan fingerprint density at radius 1 is 1.75 bits per heavy atom. The molecule has 1 fully saturated rings. The summed E-state index contributed by atoms with van der Waals surface area (Å²) in [6, 6.07) is 0.337. The summed E-state index contributed by atoms with van der Waals surface area (Å²) in [5.41, 5.74) is 1.20. The van der Waals surface area contributed by atoms with Crippen molar-refractivity contribution in [1.82, 2.24) is 15.1 Å². The molecule has 1 aromatic heterocycles. The van der Waals surface area contributed by atoms with Crippen molar-refractivity contribution in [3.8, 4) is 0 Å². The van der Waals surface area contributed by atoms with Crippen LogP contribution in [0.25, 0.3) is 0 Å². The number of ether oxygens (including phenoxy) is 1. The Morgan fingerprint density at radius 2 is 2.58 bits per heavy atom. The van der Waals surface area contributed by atoms with Crippen LogP contribution >= 0.6 is 0 Å². The lowest BCUT2D eigenvalue weighted by Crippen LogP contribution is -2.51. The molecule has 2 atom stereocenters. The van der Waals surface area contributed by atoms with E-state index in [9.17, 15) is 0 Å². The van der Waals surface area contributed by atoms with Gasteiger partial charge in [-0.2, -0.15) is 5.10 Å². The number of nitrogens with zero attached hydrogens (tertiary/aromatic N) is 2. The predicted octanol–water partition coefficient (Wildman–Crippen LogP) is 0.0794. The molecule has 1 saturated heterocycles. The van der Waals surface area contributed by atoms with Gasteiger partial charge >= 0.3 is 0 Å². The Kier molecular flexibility index (Phi) is 1.86. The Labute approximate surface area is 71.5 Å². The zero-order valence-corrected chi connectivity index (χ0v) is 7.32. The van der Waals surface area contributed by atoms with Crippen LogP contribution in [-0.2, 0) is 11.8 Å². The van der Waals surface area contributed by atoms with Crippen molar-refractivity contribution in [2.24, 2.45) is 7.05 Å². The van der Waals surface area contributed by atoms with Crippen LogP contribution in [0.15, 0.2) is 12.4 Å². The number of aryl methyl sites for hydroxylation is 1. The number of aromatic nitrogens is 2. The monoisotopic (exact) mass is 167 g/mol. The molecule has 12 heavy (non-hydrogen) atoms. The van der Waals surface area contributed by atoms with Crippen LogP contribution < -0.4 is 5.32 Å². The Balaban J connectivity index is 2.10. The maximum Gasteiger partial charge on any atom is 0.0891 e. The lowest BCUT2D eigenvalue weighted by molar-refractivity contribution is 0.0152. The third-order valence-corrected chi connectivity index (χ3v) is 2.30. The van der Waals surface area contributed by atoms with Crippen molar-refractivity contribution in [3.63, 3.8) is 0 Å². The van der Waals surface area contributed by atoms with E-state index in [4.69, 9.17) is 4.74 Å². The number of hydrogen-bond acceptors (Lipinski definition) is 3. The molecule has 1 aliphatic heterocycles. The zero-order valence-electron chi connectivity index (χ0n) is 7.32. The van der Waals surface area contributed by atoms with E-state index >= 15 is 0 Å². The van der Waals surface area contributed by atoms with Gasteiger partial charge in [0.15, 0.2) is 0 Å². The van der Waals surface area contributed by atoms with Crippen LogP contribution in [0, 0.1) is 0 Å². The third kappa shape index (κ3) is 1.13. The van der Waals surface area contributed by atoms with Gasteiger partial charge in [0.05, 0.1) is 18.3 Å². The highest BCUT2D eigenvalue weighted by Gasteiger charge is 2.32. The highest BCUT2D eigenvalue weighted by molar-refractivity contribution is 5.16. The molecule has 0 radical (unpaired) electrons. The highest BCUT2D eigenvalue weighted by Crippen LogP contribution is 2.24. The lowest BCUT2D eigenvalue weighted by Gasteiger charge is -2.36. The van der Waals surface area contributed by atoms with Crippen molar-refractivity contribution in [1.29, 1.82) is 0 Å². The molecular weight excluding hydrogens is 154 g/mol. The zero-order chi connectivity index (χ0) is 8.55. The standard InChI is InChI=1S/C8H13N3O/c1-11-5-6(3-10-11)8-7(12-2)4-9-8/h3,5,7-9H,4H2,1-2H3. The fourth-order valence-corrected chi connectivity index (χ4v) is 1.48. The maximum absolute atomic E-state index is 5.26. The number of methoxy groups -OCH3 is 1. The molecule has 0 saturated carbocycles. The van der Waals surface area contributed by atoms with Crippen LogP contribution in [0.1, 0.15) is 11.6 Å². The Morgan fingerprint density at radius 3 is 3.00 bits per heavy atom. The molecule has 4 heteroatoms. The summed E-state index contributed by atoms with van der Waals surface area (Å²) in [5, 5.41) is 7.41. The molecule has 1 aromatic rings. The van der Waals surface area contributed by atoms with Gasteiger partial charge in [-0.15, -0.1) is 0 Å². The SMILES string of the molecule is COC1CNC1c1cnn(C)c1. The molecule has 0 bridgehead atoms. The summed E-state index contributed by atoms with van der Waals surface area (Å²) in [4.78, 5) is 0. The fourth-order valence-electron chi connectivity index (χ4n) is 1.48. The van der Waals surface area contributed by atoms with E-state index in [0.29, 0.717) is 12.1 Å². The normalized spacial score (nSPS) is 28.5. The number of hydrogen-bond donors (Lipinski definition) is 1. The molecule has 4 nitrogen and oxygen atoms in total. The van der Waals surface area contributed by atoms with Crippen molar-refractivity contribution >= 4 is 0 Å². The Hall–Kier alpha value is -0.870. The minimum absolute atomic E-state index is 0.314. The fraction of sp³-hybridized carbons (Fsp3) is 0.625. The van der Waals surface area contributed by atoms with Crippen LogP contribution in [0.2, 0.25) is 0 Å². The van der Waals surface area contributed by atoms with Gasteiger partial charge in [0.25, 0.3) is 0 Å². The molecule has 1 N–H and O–H groups in total. The largest absolute Gasteiger partial charge is 0.378 e. The highest BCUT2D eigenvalue weighted by atomic mass is 16.5. The summed E-state index contributed by atoms with van der Waals surface area (Å²) in [6.45, 7) is 0.941. The van der Waals surface area contributed by atoms with E-state index in [1.165, 1.54) is 5.56 Å². The van der Waals surface area contributed by atoms with Gasteiger partial charge in [-0.25, -0.2) is 0 Å². The smallest absolute Gasteiger partial charge is 0.0891 e. The van der Waals surface area contributed by atoms with Crippen LogP contribution in [0.3, 0.4) is 0 Å². The second-order valence-corrected chi connectivity index (χ2v) is 3.11. The first-order valence-electron chi connectivity index (χ1n) is 4.06. The topological polar surface area (TPSA) is 39.1 Å². The quantitative estimate of drug-likeness (QED) is 0.678. The van der Waals surface area contributed by atoms with Gasteiger partial charge in [0, 0.05) is 32.5 Å². The summed E-state index contributed by atoms with van der Waals surface area (Å²) >= 11 is 0. The molecule has 0 amide bonds. The average molecular weight is 167 g/mol. The first kappa shape index (κ1) is 7.76. The molecule has 1 aliphatic rings. The summed E-state index contributed by atoms with van der Waals surface area (Å²) in [7, 11) is 3.67. The van der Waals surface area contributed by atoms with Crippen LogP contribution in [0.4, 0.5) is 0 Å². The molecule has 2 unspecified atom stereocenters. The van der Waals surface area contributed by atoms with Crippen molar-refractivity contribution < 1.29 is 4.74 Å². The van der Waals surface area contributed by atoms with E-state index in [0.717, 1.165) is 6.54 Å². The minimum atomic E-state index is 0.314. The summed E-state index contributed by atoms with van der Waals surface area (Å²) in [6.07, 6.45) is 4.21. The van der Waals surface area contributed by atoms with Crippen molar-refractivity contribution in [2.45, 2.75) is 12.1 Å². The van der Waals surface area contributed by atoms with E-state index in [-0.39, 0.29) is 0 Å². The van der Waals surface area contributed by atoms with Crippen molar-refractivity contribution in [2.75, 3.05) is 13.7 Å². The molecular formula is C8H13N3O. The summed E-state index contributed by atoms with van der Waals surface area (Å²) in [5.74, 6) is 0. The van der Waals surface area contributed by atoms with Gasteiger partial charge in [-0.1, -0.05) is 0 Å². The van der Waals surface area contributed by atoms with Crippen molar-refractivity contribution in [3.05, 3.63) is 18.0 Å². The molecule has 2 heterocycles. The predicted molar refractivity (Wildman–Crippen MR) is 44.7 cm³/mol. The number of nitrogens with one attached hydrogen (secondary N) is 1. The van der Waals surface area contributed by atoms with E-state index < -0.39 is 0 Å². The van der Waals surface area contributed by atoms with E-state index in [1.54, 1.807) is 7.11 Å². The number of rotatable bonds is 2. The van der Waals surface area contributed by atoms with Crippen LogP contribution in [0.5, 0.6) is 0 Å². The van der Waals surface area contributed by atoms with Gasteiger partial charge < -0.3 is 10.1 Å². The van der Waals surface area contributed by atoms with Gasteiger partial charge in [0.1, 0.15) is 0 Å². The summed E-state index contributed by atoms with van der Waals surface area (Å²) < 4.78 is 7.07. The van der Waals surface area contributed by atoms with Gasteiger partial charge in [0.2, 0.25) is 0 Å². The van der Waals surface area contributed by atoms with Gasteiger partial charge in [-0.05, 0) is 0 Å². The minimum Gasteiger partial charge on any atom is -0.378 e. The molecule has 0 aliphatic carbocycles. The van der Waals surface area contributed by atoms with Gasteiger partial charge in [-0.3, -0.25) is 4.68 Å². The first-order valence-corrected chi connectivity index (χ1v) is 4.06. The van der Waals surface area contributed by atoms with Crippen LogP contribution in [-0.4, -0.2) is 29.5 Å². The Bertz CT molecular complexity index is 269. The second-order valence-electron chi connectivity index (χ2n) is 3.11. The molecule has 0 spiro atoms. The first-order chi connectivity index (χ1) is 5.81. The van der Waals surface area contributed by atoms with E-state index in [1.807, 2.05) is 24.1 Å². The molecule has 0 aromatic carbocycles. The molecule has 66 valence electrons. The maximum atomic E-state index is 5.26. The lowest BCUT2D eigenvalue weighted by atomic mass is 9.98. The second kappa shape index (κ2) is 2.88. The molecule has 2 rings (SSSR count). The van der Waals surface area contributed by atoms with E-state index in [2.05, 4.69) is 10.4 Å². The average Bonchev–Trinajstić information content (AvgIpc) is 2.35. The third-order valence-electron chi connectivity index (χ3n) is 2.30.